The number of nitrogens with zero attached hydrogens (tertiary/aromatic N) is 1. The standard InChI is InChI=1S/C16H22N2O/c1-11(2)18-9-13-8-14(10-18)15(13)17-16(19)12-6-4-3-5-7-12/h3-7,11,13-15H,8-10H2,1-2H3,(H,17,19). The van der Waals surface area contributed by atoms with E-state index in [1.54, 1.807) is 0 Å². The molecule has 0 aromatic heterocycles. The molecular weight excluding hydrogens is 236 g/mol. The van der Waals surface area contributed by atoms with E-state index in [9.17, 15) is 4.79 Å². The Kier molecular flexibility index (Phi) is 3.31. The van der Waals surface area contributed by atoms with Crippen LogP contribution in [0, 0.1) is 11.8 Å². The molecule has 0 radical (unpaired) electrons. The molecule has 1 amide bonds. The van der Waals surface area contributed by atoms with Gasteiger partial charge < -0.3 is 10.2 Å². The normalized spacial score (nSPS) is 29.9. The second-order valence-corrected chi connectivity index (χ2v) is 6.17. The Labute approximate surface area is 115 Å². The predicted molar refractivity (Wildman–Crippen MR) is 76.0 cm³/mol. The highest BCUT2D eigenvalue weighted by Gasteiger charge is 2.47. The Bertz CT molecular complexity index is 445. The smallest absolute Gasteiger partial charge is 0.251 e. The van der Waals surface area contributed by atoms with Crippen molar-refractivity contribution in [2.24, 2.45) is 11.8 Å². The molecular formula is C16H22N2O. The summed E-state index contributed by atoms with van der Waals surface area (Å²) in [6.07, 6.45) is 1.28. The van der Waals surface area contributed by atoms with Crippen LogP contribution in [0.2, 0.25) is 0 Å². The van der Waals surface area contributed by atoms with Crippen molar-refractivity contribution in [3.8, 4) is 0 Å². The lowest BCUT2D eigenvalue weighted by atomic mass is 9.66. The zero-order valence-corrected chi connectivity index (χ0v) is 11.7. The predicted octanol–water partition coefficient (Wildman–Crippen LogP) is 2.15. The van der Waals surface area contributed by atoms with E-state index in [-0.39, 0.29) is 5.91 Å². The van der Waals surface area contributed by atoms with Crippen LogP contribution >= 0.6 is 0 Å². The Morgan fingerprint density at radius 1 is 1.21 bits per heavy atom. The minimum absolute atomic E-state index is 0.0818. The molecule has 3 heteroatoms. The van der Waals surface area contributed by atoms with Crippen LogP contribution in [0.1, 0.15) is 30.6 Å². The molecule has 0 spiro atoms. The van der Waals surface area contributed by atoms with Crippen molar-refractivity contribution in [2.75, 3.05) is 13.1 Å². The van der Waals surface area contributed by atoms with Crippen molar-refractivity contribution in [1.82, 2.24) is 10.2 Å². The topological polar surface area (TPSA) is 32.3 Å². The largest absolute Gasteiger partial charge is 0.349 e. The highest BCUT2D eigenvalue weighted by Crippen LogP contribution is 2.40. The van der Waals surface area contributed by atoms with E-state index in [1.807, 2.05) is 30.3 Å². The number of carbonyl (C=O) groups is 1. The van der Waals surface area contributed by atoms with E-state index in [0.717, 1.165) is 18.7 Å². The van der Waals surface area contributed by atoms with Crippen LogP contribution < -0.4 is 5.32 Å². The fourth-order valence-electron chi connectivity index (χ4n) is 3.41. The highest BCUT2D eigenvalue weighted by atomic mass is 16.1. The molecule has 2 bridgehead atoms. The second kappa shape index (κ2) is 4.97. The molecule has 2 unspecified atom stereocenters. The van der Waals surface area contributed by atoms with Crippen LogP contribution in [0.5, 0.6) is 0 Å². The van der Waals surface area contributed by atoms with Gasteiger partial charge in [-0.25, -0.2) is 0 Å². The molecule has 2 atom stereocenters. The molecule has 1 N–H and O–H groups in total. The number of amides is 1. The SMILES string of the molecule is CC(C)N1CC2CC(C1)C2NC(=O)c1ccccc1. The van der Waals surface area contributed by atoms with Crippen LogP contribution in [0.3, 0.4) is 0 Å². The Morgan fingerprint density at radius 3 is 2.42 bits per heavy atom. The van der Waals surface area contributed by atoms with Crippen molar-refractivity contribution in [3.63, 3.8) is 0 Å². The molecule has 4 rings (SSSR count). The van der Waals surface area contributed by atoms with Gasteiger partial charge in [0.2, 0.25) is 0 Å². The van der Waals surface area contributed by atoms with Crippen LogP contribution in [0.15, 0.2) is 30.3 Å². The number of hydrogen-bond acceptors (Lipinski definition) is 2. The van der Waals surface area contributed by atoms with Crippen molar-refractivity contribution < 1.29 is 4.79 Å². The van der Waals surface area contributed by atoms with Gasteiger partial charge in [-0.15, -0.1) is 0 Å². The first kappa shape index (κ1) is 12.7. The van der Waals surface area contributed by atoms with Crippen molar-refractivity contribution in [2.45, 2.75) is 32.4 Å². The summed E-state index contributed by atoms with van der Waals surface area (Å²) in [4.78, 5) is 14.7. The minimum Gasteiger partial charge on any atom is -0.349 e. The summed E-state index contributed by atoms with van der Waals surface area (Å²) < 4.78 is 0. The van der Waals surface area contributed by atoms with Crippen LogP contribution in [-0.4, -0.2) is 36.0 Å². The number of hydrogen-bond donors (Lipinski definition) is 1. The van der Waals surface area contributed by atoms with E-state index < -0.39 is 0 Å². The van der Waals surface area contributed by atoms with Crippen LogP contribution in [0.25, 0.3) is 0 Å². The van der Waals surface area contributed by atoms with E-state index in [4.69, 9.17) is 0 Å². The van der Waals surface area contributed by atoms with Crippen molar-refractivity contribution in [3.05, 3.63) is 35.9 Å². The third-order valence-electron chi connectivity index (χ3n) is 4.62. The van der Waals surface area contributed by atoms with Gasteiger partial charge in [-0.2, -0.15) is 0 Å². The van der Waals surface area contributed by atoms with Crippen LogP contribution in [0.4, 0.5) is 0 Å². The van der Waals surface area contributed by atoms with E-state index >= 15 is 0 Å². The fraction of sp³-hybridized carbons (Fsp3) is 0.562. The first-order valence-electron chi connectivity index (χ1n) is 7.25. The molecule has 3 aliphatic rings. The molecule has 2 aliphatic heterocycles. The lowest BCUT2D eigenvalue weighted by Crippen LogP contribution is -2.65. The third kappa shape index (κ3) is 2.39. The molecule has 102 valence electrons. The van der Waals surface area contributed by atoms with Gasteiger partial charge in [0.15, 0.2) is 0 Å². The molecule has 19 heavy (non-hydrogen) atoms. The monoisotopic (exact) mass is 258 g/mol. The van der Waals surface area contributed by atoms with E-state index in [1.165, 1.54) is 6.42 Å². The summed E-state index contributed by atoms with van der Waals surface area (Å²) in [6, 6.07) is 10.5. The van der Waals surface area contributed by atoms with Gasteiger partial charge in [-0.1, -0.05) is 18.2 Å². The van der Waals surface area contributed by atoms with Crippen molar-refractivity contribution >= 4 is 5.91 Å². The van der Waals surface area contributed by atoms with Crippen LogP contribution in [-0.2, 0) is 0 Å². The molecule has 1 aliphatic carbocycles. The maximum absolute atomic E-state index is 12.2. The lowest BCUT2D eigenvalue weighted by Gasteiger charge is -2.54. The summed E-state index contributed by atoms with van der Waals surface area (Å²) in [5, 5.41) is 3.23. The van der Waals surface area contributed by atoms with E-state index in [0.29, 0.717) is 23.9 Å². The number of carbonyl (C=O) groups excluding carboxylic acids is 1. The van der Waals surface area contributed by atoms with Gasteiger partial charge in [-0.05, 0) is 44.2 Å². The molecule has 3 fully saturated rings. The first-order valence-corrected chi connectivity index (χ1v) is 7.25. The van der Waals surface area contributed by atoms with Crippen molar-refractivity contribution in [1.29, 1.82) is 0 Å². The third-order valence-corrected chi connectivity index (χ3v) is 4.62. The minimum atomic E-state index is 0.0818. The molecule has 1 aromatic rings. The lowest BCUT2D eigenvalue weighted by molar-refractivity contribution is -0.0256. The number of fused-ring (bicyclic) bond motifs is 2. The maximum atomic E-state index is 12.2. The number of nitrogens with one attached hydrogen (secondary N) is 1. The molecule has 2 heterocycles. The Balaban J connectivity index is 1.60. The Hall–Kier alpha value is -1.35. The van der Waals surface area contributed by atoms with Gasteiger partial charge in [-0.3, -0.25) is 4.79 Å². The number of benzene rings is 1. The van der Waals surface area contributed by atoms with Gasteiger partial charge >= 0.3 is 0 Å². The molecule has 1 aromatic carbocycles. The Morgan fingerprint density at radius 2 is 1.84 bits per heavy atom. The summed E-state index contributed by atoms with van der Waals surface area (Å²) in [5.41, 5.74) is 0.771. The number of rotatable bonds is 3. The fourth-order valence-corrected chi connectivity index (χ4v) is 3.41. The summed E-state index contributed by atoms with van der Waals surface area (Å²) in [7, 11) is 0. The molecule has 2 saturated heterocycles. The molecule has 1 saturated carbocycles. The van der Waals surface area contributed by atoms with Gasteiger partial charge in [0.25, 0.3) is 5.91 Å². The maximum Gasteiger partial charge on any atom is 0.251 e. The molecule has 3 nitrogen and oxygen atoms in total. The number of piperidine rings is 2. The average Bonchev–Trinajstić information content (AvgIpc) is 2.45. The van der Waals surface area contributed by atoms with Gasteiger partial charge in [0, 0.05) is 30.7 Å². The highest BCUT2D eigenvalue weighted by molar-refractivity contribution is 5.94. The second-order valence-electron chi connectivity index (χ2n) is 6.17. The quantitative estimate of drug-likeness (QED) is 0.901. The zero-order valence-electron chi connectivity index (χ0n) is 11.7. The van der Waals surface area contributed by atoms with Gasteiger partial charge in [0.1, 0.15) is 0 Å². The van der Waals surface area contributed by atoms with E-state index in [2.05, 4.69) is 24.1 Å². The first-order chi connectivity index (χ1) is 9.15. The summed E-state index contributed by atoms with van der Waals surface area (Å²) in [6.45, 7) is 6.77. The van der Waals surface area contributed by atoms with Gasteiger partial charge in [0.05, 0.1) is 0 Å². The zero-order chi connectivity index (χ0) is 13.4. The average molecular weight is 258 g/mol. The summed E-state index contributed by atoms with van der Waals surface area (Å²) in [5.74, 6) is 1.38. The summed E-state index contributed by atoms with van der Waals surface area (Å²) >= 11 is 0.